The highest BCUT2D eigenvalue weighted by atomic mass is 16.2. The van der Waals surface area contributed by atoms with Crippen molar-refractivity contribution >= 4 is 17.1 Å². The van der Waals surface area contributed by atoms with E-state index in [4.69, 9.17) is 0 Å². The predicted molar refractivity (Wildman–Crippen MR) is 62.2 cm³/mol. The summed E-state index contributed by atoms with van der Waals surface area (Å²) in [6, 6.07) is 2.81. The lowest BCUT2D eigenvalue weighted by Crippen LogP contribution is -2.45. The molecule has 0 spiro atoms. The second-order valence-corrected chi connectivity index (χ2v) is 4.12. The monoisotopic (exact) mass is 226 g/mol. The number of aromatic nitrogens is 1. The van der Waals surface area contributed by atoms with E-state index in [9.17, 15) is 9.59 Å². The van der Waals surface area contributed by atoms with Gasteiger partial charge in [-0.15, -0.1) is 0 Å². The fourth-order valence-electron chi connectivity index (χ4n) is 2.29. The Bertz CT molecular complexity index is 587. The van der Waals surface area contributed by atoms with Gasteiger partial charge >= 0.3 is 0 Å². The topological polar surface area (TPSA) is 50.3 Å². The van der Waals surface area contributed by atoms with Gasteiger partial charge in [-0.1, -0.05) is 6.08 Å². The Labute approximate surface area is 98.3 Å². The molecular weight excluding hydrogens is 216 g/mol. The molecule has 0 N–H and O–H groups in total. The van der Waals surface area contributed by atoms with Gasteiger partial charge in [-0.05, 0) is 24.4 Å². The lowest BCUT2D eigenvalue weighted by molar-refractivity contribution is -0.117. The van der Waals surface area contributed by atoms with Gasteiger partial charge in [0.25, 0.3) is 0 Å². The Hall–Kier alpha value is -2.23. The van der Waals surface area contributed by atoms with Crippen molar-refractivity contribution in [2.45, 2.75) is 6.04 Å². The number of carbonyl (C=O) groups is 2. The van der Waals surface area contributed by atoms with Gasteiger partial charge in [0.1, 0.15) is 6.04 Å². The third-order valence-electron chi connectivity index (χ3n) is 3.10. The molecule has 4 nitrogen and oxygen atoms in total. The fourth-order valence-corrected chi connectivity index (χ4v) is 2.29. The zero-order chi connectivity index (χ0) is 12.0. The summed E-state index contributed by atoms with van der Waals surface area (Å²) in [7, 11) is 1.78. The summed E-state index contributed by atoms with van der Waals surface area (Å²) in [5, 5.41) is 0. The third kappa shape index (κ3) is 1.27. The quantitative estimate of drug-likeness (QED) is 0.621. The minimum Gasteiger partial charge on any atom is -0.366 e. The van der Waals surface area contributed by atoms with Crippen molar-refractivity contribution < 1.29 is 9.59 Å². The van der Waals surface area contributed by atoms with E-state index in [1.165, 1.54) is 0 Å². The smallest absolute Gasteiger partial charge is 0.233 e. The second kappa shape index (κ2) is 3.38. The maximum atomic E-state index is 12.0. The zero-order valence-corrected chi connectivity index (χ0v) is 9.25. The fraction of sp³-hybridized carbons (Fsp3) is 0.154. The number of pyridine rings is 1. The molecule has 1 aliphatic heterocycles. The van der Waals surface area contributed by atoms with Gasteiger partial charge in [-0.3, -0.25) is 14.6 Å². The lowest BCUT2D eigenvalue weighted by Gasteiger charge is -2.33. The van der Waals surface area contributed by atoms with Gasteiger partial charge in [-0.2, -0.15) is 0 Å². The van der Waals surface area contributed by atoms with E-state index in [-0.39, 0.29) is 5.78 Å². The molecule has 2 heterocycles. The van der Waals surface area contributed by atoms with Crippen LogP contribution in [0.4, 0.5) is 0 Å². The van der Waals surface area contributed by atoms with Crippen LogP contribution in [0.5, 0.6) is 0 Å². The summed E-state index contributed by atoms with van der Waals surface area (Å²) < 4.78 is 0. The maximum Gasteiger partial charge on any atom is 0.233 e. The van der Waals surface area contributed by atoms with Crippen molar-refractivity contribution in [1.82, 2.24) is 9.88 Å². The number of carbonyl (C=O) groups excluding carboxylic acids is 2. The summed E-state index contributed by atoms with van der Waals surface area (Å²) in [5.74, 6) is -0.832. The van der Waals surface area contributed by atoms with Crippen LogP contribution >= 0.6 is 0 Å². The number of fused-ring (bicyclic) bond motifs is 3. The van der Waals surface area contributed by atoms with Crippen molar-refractivity contribution in [1.29, 1.82) is 0 Å². The SMILES string of the molecule is CN1C=CC=C2c3ncccc3C(=O)C(=O)C21. The van der Waals surface area contributed by atoms with Gasteiger partial charge in [-0.25, -0.2) is 0 Å². The number of rotatable bonds is 0. The summed E-state index contributed by atoms with van der Waals surface area (Å²) in [6.07, 6.45) is 7.12. The molecule has 0 saturated carbocycles. The summed E-state index contributed by atoms with van der Waals surface area (Å²) >= 11 is 0. The Morgan fingerprint density at radius 1 is 1.35 bits per heavy atom. The number of Topliss-reactive ketones (excluding diaryl/α,β-unsaturated/α-hetero) is 2. The van der Waals surface area contributed by atoms with Crippen molar-refractivity contribution in [2.75, 3.05) is 7.05 Å². The average Bonchev–Trinajstić information content (AvgIpc) is 2.36. The van der Waals surface area contributed by atoms with Crippen molar-refractivity contribution in [2.24, 2.45) is 0 Å². The number of hydrogen-bond acceptors (Lipinski definition) is 4. The number of hydrogen-bond donors (Lipinski definition) is 0. The van der Waals surface area contributed by atoms with Gasteiger partial charge in [0.15, 0.2) is 0 Å². The van der Waals surface area contributed by atoms with Crippen LogP contribution in [-0.2, 0) is 4.79 Å². The van der Waals surface area contributed by atoms with Crippen LogP contribution in [0.2, 0.25) is 0 Å². The Morgan fingerprint density at radius 3 is 3.00 bits per heavy atom. The minimum absolute atomic E-state index is 0.386. The van der Waals surface area contributed by atoms with Crippen LogP contribution in [0.3, 0.4) is 0 Å². The highest BCUT2D eigenvalue weighted by Crippen LogP contribution is 2.32. The van der Waals surface area contributed by atoms with E-state index in [0.717, 1.165) is 5.57 Å². The van der Waals surface area contributed by atoms with Gasteiger partial charge < -0.3 is 4.90 Å². The molecule has 0 radical (unpaired) electrons. The molecular formula is C13H10N2O2. The van der Waals surface area contributed by atoms with Crippen LogP contribution in [0.15, 0.2) is 36.7 Å². The molecule has 1 aromatic rings. The standard InChI is InChI=1S/C13H10N2O2/c1-15-7-3-5-8-10-9(4-2-6-14-10)12(16)13(17)11(8)15/h2-7,11H,1H3. The van der Waals surface area contributed by atoms with E-state index in [1.807, 2.05) is 12.2 Å². The highest BCUT2D eigenvalue weighted by molar-refractivity contribution is 6.49. The van der Waals surface area contributed by atoms with Crippen molar-refractivity contribution in [3.8, 4) is 0 Å². The van der Waals surface area contributed by atoms with Gasteiger partial charge in [0, 0.05) is 18.8 Å². The molecule has 4 heteroatoms. The molecule has 84 valence electrons. The van der Waals surface area contributed by atoms with Gasteiger partial charge in [0.05, 0.1) is 11.3 Å². The molecule has 17 heavy (non-hydrogen) atoms. The molecule has 0 fully saturated rings. The van der Waals surface area contributed by atoms with Crippen LogP contribution in [-0.4, -0.2) is 34.5 Å². The maximum absolute atomic E-state index is 12.0. The number of allylic oxidation sites excluding steroid dienone is 2. The van der Waals surface area contributed by atoms with Crippen LogP contribution < -0.4 is 0 Å². The number of nitrogens with zero attached hydrogens (tertiary/aromatic N) is 2. The van der Waals surface area contributed by atoms with E-state index in [1.54, 1.807) is 36.5 Å². The van der Waals surface area contributed by atoms with E-state index in [0.29, 0.717) is 11.3 Å². The Balaban J connectivity index is 2.28. The normalized spacial score (nSPS) is 22.1. The van der Waals surface area contributed by atoms with Crippen molar-refractivity contribution in [3.05, 3.63) is 47.9 Å². The predicted octanol–water partition coefficient (Wildman–Crippen LogP) is 1.06. The molecule has 1 aromatic heterocycles. The van der Waals surface area contributed by atoms with Gasteiger partial charge in [0.2, 0.25) is 11.6 Å². The molecule has 2 aliphatic rings. The molecule has 0 saturated heterocycles. The largest absolute Gasteiger partial charge is 0.366 e. The molecule has 3 rings (SSSR count). The third-order valence-corrected chi connectivity index (χ3v) is 3.10. The number of likely N-dealkylation sites (N-methyl/N-ethyl adjacent to an activating group) is 1. The summed E-state index contributed by atoms with van der Waals surface area (Å²) in [5.41, 5.74) is 1.83. The number of ketones is 2. The van der Waals surface area contributed by atoms with Crippen LogP contribution in [0.1, 0.15) is 16.1 Å². The molecule has 0 bridgehead atoms. The lowest BCUT2D eigenvalue weighted by atomic mass is 9.83. The van der Waals surface area contributed by atoms with E-state index >= 15 is 0 Å². The van der Waals surface area contributed by atoms with E-state index < -0.39 is 11.8 Å². The average molecular weight is 226 g/mol. The Morgan fingerprint density at radius 2 is 2.18 bits per heavy atom. The highest BCUT2D eigenvalue weighted by Gasteiger charge is 2.40. The van der Waals surface area contributed by atoms with Crippen LogP contribution in [0.25, 0.3) is 5.57 Å². The molecule has 0 aromatic carbocycles. The van der Waals surface area contributed by atoms with E-state index in [2.05, 4.69) is 4.98 Å². The summed E-state index contributed by atoms with van der Waals surface area (Å²) in [4.78, 5) is 30.0. The Kier molecular flexibility index (Phi) is 1.98. The molecule has 0 amide bonds. The first-order chi connectivity index (χ1) is 8.20. The first-order valence-corrected chi connectivity index (χ1v) is 5.34. The summed E-state index contributed by atoms with van der Waals surface area (Å²) in [6.45, 7) is 0. The second-order valence-electron chi connectivity index (χ2n) is 4.12. The molecule has 1 aliphatic carbocycles. The minimum atomic E-state index is -0.519. The first kappa shape index (κ1) is 9.96. The van der Waals surface area contributed by atoms with Crippen molar-refractivity contribution in [3.63, 3.8) is 0 Å². The van der Waals surface area contributed by atoms with Crippen LogP contribution in [0, 0.1) is 0 Å². The molecule has 1 unspecified atom stereocenters. The first-order valence-electron chi connectivity index (χ1n) is 5.34. The molecule has 1 atom stereocenters. The zero-order valence-electron chi connectivity index (χ0n) is 9.25.